The molecule has 5 heteroatoms. The van der Waals surface area contributed by atoms with Gasteiger partial charge in [-0.15, -0.1) is 0 Å². The van der Waals surface area contributed by atoms with Crippen LogP contribution in [0.5, 0.6) is 0 Å². The van der Waals surface area contributed by atoms with Crippen molar-refractivity contribution in [3.05, 3.63) is 0 Å². The number of rotatable bonds is 28. The van der Waals surface area contributed by atoms with Gasteiger partial charge in [-0.3, -0.25) is 4.79 Å². The Morgan fingerprint density at radius 2 is 0.788 bits per heavy atom. The second-order valence-corrected chi connectivity index (χ2v) is 9.11. The predicted molar refractivity (Wildman–Crippen MR) is 138 cm³/mol. The molecule has 0 amide bonds. The molecule has 0 fully saturated rings. The summed E-state index contributed by atoms with van der Waals surface area (Å²) in [7, 11) is 0. The van der Waals surface area contributed by atoms with Crippen LogP contribution in [0.2, 0.25) is 0 Å². The van der Waals surface area contributed by atoms with Gasteiger partial charge in [-0.25, -0.2) is 0 Å². The molecule has 0 heterocycles. The molecule has 0 rings (SSSR count). The van der Waals surface area contributed by atoms with E-state index in [4.69, 9.17) is 18.9 Å². The average molecular weight is 473 g/mol. The van der Waals surface area contributed by atoms with Gasteiger partial charge in [0.1, 0.15) is 6.61 Å². The van der Waals surface area contributed by atoms with Crippen molar-refractivity contribution in [1.82, 2.24) is 0 Å². The summed E-state index contributed by atoms with van der Waals surface area (Å²) < 4.78 is 21.5. The summed E-state index contributed by atoms with van der Waals surface area (Å²) in [5.74, 6) is -0.103. The predicted octanol–water partition coefficient (Wildman–Crippen LogP) is 7.64. The zero-order valence-corrected chi connectivity index (χ0v) is 22.2. The molecule has 5 nitrogen and oxygen atoms in total. The van der Waals surface area contributed by atoms with Crippen LogP contribution in [0.3, 0.4) is 0 Å². The molecule has 198 valence electrons. The lowest BCUT2D eigenvalue weighted by molar-refractivity contribution is -0.145. The summed E-state index contributed by atoms with van der Waals surface area (Å²) in [5, 5.41) is 0. The van der Waals surface area contributed by atoms with Crippen LogP contribution in [0.1, 0.15) is 129 Å². The normalized spacial score (nSPS) is 11.2. The topological polar surface area (TPSA) is 54.0 Å². The van der Waals surface area contributed by atoms with E-state index in [1.165, 1.54) is 83.5 Å². The molecule has 0 aromatic rings. The molecule has 0 saturated heterocycles. The summed E-state index contributed by atoms with van der Waals surface area (Å²) in [5.41, 5.74) is 0. The van der Waals surface area contributed by atoms with Gasteiger partial charge < -0.3 is 18.9 Å². The fraction of sp³-hybridized carbons (Fsp3) is 0.964. The SMILES string of the molecule is CCCCCCCCCCCCCCCCCC(=O)OCCOCCOCCOCCCC. The Bertz CT molecular complexity index is 375. The molecule has 0 aromatic carbocycles. The van der Waals surface area contributed by atoms with E-state index in [2.05, 4.69) is 13.8 Å². The number of esters is 1. The van der Waals surface area contributed by atoms with E-state index in [0.717, 1.165) is 32.3 Å². The van der Waals surface area contributed by atoms with E-state index in [9.17, 15) is 4.79 Å². The molecule has 0 N–H and O–H groups in total. The minimum Gasteiger partial charge on any atom is -0.463 e. The van der Waals surface area contributed by atoms with E-state index in [1.807, 2.05) is 0 Å². The highest BCUT2D eigenvalue weighted by Crippen LogP contribution is 2.13. The van der Waals surface area contributed by atoms with Gasteiger partial charge in [0.15, 0.2) is 0 Å². The second-order valence-electron chi connectivity index (χ2n) is 9.11. The summed E-state index contributed by atoms with van der Waals surface area (Å²) in [4.78, 5) is 11.7. The maximum absolute atomic E-state index is 11.7. The number of unbranched alkanes of at least 4 members (excludes halogenated alkanes) is 15. The summed E-state index contributed by atoms with van der Waals surface area (Å²) >= 11 is 0. The van der Waals surface area contributed by atoms with Gasteiger partial charge in [-0.2, -0.15) is 0 Å². The van der Waals surface area contributed by atoms with E-state index in [0.29, 0.717) is 46.1 Å². The van der Waals surface area contributed by atoms with Gasteiger partial charge in [-0.1, -0.05) is 110 Å². The molecular formula is C28H56O5. The molecule has 0 spiro atoms. The van der Waals surface area contributed by atoms with Crippen LogP contribution in [-0.4, -0.2) is 52.2 Å². The standard InChI is InChI=1S/C28H56O5/c1-3-5-7-8-9-10-11-12-13-14-15-16-17-18-19-20-28(29)33-27-26-32-25-24-31-23-22-30-21-6-4-2/h3-27H2,1-2H3. The lowest BCUT2D eigenvalue weighted by Gasteiger charge is -2.07. The van der Waals surface area contributed by atoms with Gasteiger partial charge in [-0.05, 0) is 12.8 Å². The third kappa shape index (κ3) is 29.3. The lowest BCUT2D eigenvalue weighted by atomic mass is 10.0. The van der Waals surface area contributed by atoms with Crippen molar-refractivity contribution in [3.63, 3.8) is 0 Å². The van der Waals surface area contributed by atoms with Crippen molar-refractivity contribution in [1.29, 1.82) is 0 Å². The van der Waals surface area contributed by atoms with Crippen LogP contribution >= 0.6 is 0 Å². The first kappa shape index (κ1) is 32.4. The first-order chi connectivity index (χ1) is 16.3. The van der Waals surface area contributed by atoms with Crippen molar-refractivity contribution >= 4 is 5.97 Å². The molecule has 0 radical (unpaired) electrons. The Hall–Kier alpha value is -0.650. The van der Waals surface area contributed by atoms with E-state index in [-0.39, 0.29) is 5.97 Å². The van der Waals surface area contributed by atoms with Crippen molar-refractivity contribution in [2.75, 3.05) is 46.2 Å². The van der Waals surface area contributed by atoms with Crippen molar-refractivity contribution in [2.24, 2.45) is 0 Å². The van der Waals surface area contributed by atoms with E-state index >= 15 is 0 Å². The van der Waals surface area contributed by atoms with Crippen LogP contribution in [0, 0.1) is 0 Å². The Labute approximate surface area is 205 Å². The van der Waals surface area contributed by atoms with E-state index in [1.54, 1.807) is 0 Å². The molecule has 0 unspecified atom stereocenters. The third-order valence-electron chi connectivity index (χ3n) is 5.86. The van der Waals surface area contributed by atoms with Gasteiger partial charge >= 0.3 is 5.97 Å². The average Bonchev–Trinajstić information content (AvgIpc) is 2.82. The second kappa shape index (κ2) is 29.4. The van der Waals surface area contributed by atoms with Gasteiger partial charge in [0.2, 0.25) is 0 Å². The molecule has 0 atom stereocenters. The van der Waals surface area contributed by atoms with Crippen molar-refractivity contribution < 1.29 is 23.7 Å². The van der Waals surface area contributed by atoms with Crippen LogP contribution in [0.25, 0.3) is 0 Å². The first-order valence-corrected chi connectivity index (χ1v) is 14.2. The zero-order chi connectivity index (χ0) is 24.1. The number of hydrogen-bond donors (Lipinski definition) is 0. The molecular weight excluding hydrogens is 416 g/mol. The molecule has 0 aliphatic heterocycles. The summed E-state index contributed by atoms with van der Waals surface area (Å²) in [6, 6.07) is 0. The quantitative estimate of drug-likeness (QED) is 0.0865. The first-order valence-electron chi connectivity index (χ1n) is 14.2. The third-order valence-corrected chi connectivity index (χ3v) is 5.86. The van der Waals surface area contributed by atoms with Crippen LogP contribution < -0.4 is 0 Å². The Kier molecular flexibility index (Phi) is 28.8. The zero-order valence-electron chi connectivity index (χ0n) is 22.2. The highest BCUT2D eigenvalue weighted by Gasteiger charge is 2.02. The number of ether oxygens (including phenoxy) is 4. The van der Waals surface area contributed by atoms with Crippen molar-refractivity contribution in [3.8, 4) is 0 Å². The summed E-state index contributed by atoms with van der Waals surface area (Å²) in [6.07, 6.45) is 22.8. The maximum Gasteiger partial charge on any atom is 0.305 e. The summed E-state index contributed by atoms with van der Waals surface area (Å²) in [6.45, 7) is 8.29. The van der Waals surface area contributed by atoms with Gasteiger partial charge in [0.05, 0.1) is 33.0 Å². The van der Waals surface area contributed by atoms with Crippen LogP contribution in [-0.2, 0) is 23.7 Å². The Morgan fingerprint density at radius 3 is 1.24 bits per heavy atom. The highest BCUT2D eigenvalue weighted by molar-refractivity contribution is 5.69. The lowest BCUT2D eigenvalue weighted by Crippen LogP contribution is -2.14. The van der Waals surface area contributed by atoms with Crippen molar-refractivity contribution in [2.45, 2.75) is 129 Å². The van der Waals surface area contributed by atoms with Crippen LogP contribution in [0.15, 0.2) is 0 Å². The molecule has 0 aromatic heterocycles. The number of carbonyl (C=O) groups is 1. The molecule has 0 aliphatic carbocycles. The minimum absolute atomic E-state index is 0.103. The Morgan fingerprint density at radius 1 is 0.424 bits per heavy atom. The smallest absolute Gasteiger partial charge is 0.305 e. The van der Waals surface area contributed by atoms with E-state index < -0.39 is 0 Å². The van der Waals surface area contributed by atoms with Crippen LogP contribution in [0.4, 0.5) is 0 Å². The van der Waals surface area contributed by atoms with Gasteiger partial charge in [0.25, 0.3) is 0 Å². The Balaban J connectivity index is 3.13. The molecule has 33 heavy (non-hydrogen) atoms. The number of hydrogen-bond acceptors (Lipinski definition) is 5. The molecule has 0 bridgehead atoms. The fourth-order valence-corrected chi connectivity index (χ4v) is 3.72. The number of carbonyl (C=O) groups excluding carboxylic acids is 1. The monoisotopic (exact) mass is 472 g/mol. The molecule has 0 saturated carbocycles. The highest BCUT2D eigenvalue weighted by atomic mass is 16.6. The largest absolute Gasteiger partial charge is 0.463 e. The molecule has 0 aliphatic rings. The maximum atomic E-state index is 11.7. The van der Waals surface area contributed by atoms with Gasteiger partial charge in [0, 0.05) is 13.0 Å². The fourth-order valence-electron chi connectivity index (χ4n) is 3.72. The minimum atomic E-state index is -0.103.